The third-order valence-corrected chi connectivity index (χ3v) is 9.62. The molecule has 35 heavy (non-hydrogen) atoms. The molecule has 11 heteroatoms. The fourth-order valence-corrected chi connectivity index (χ4v) is 7.77. The highest BCUT2D eigenvalue weighted by Crippen LogP contribution is 2.53. The molecule has 180 valence electrons. The van der Waals surface area contributed by atoms with Crippen molar-refractivity contribution in [2.45, 2.75) is 29.7 Å². The third-order valence-electron chi connectivity index (χ3n) is 5.96. The van der Waals surface area contributed by atoms with E-state index in [2.05, 4.69) is 31.9 Å². The Balaban J connectivity index is 1.64. The third kappa shape index (κ3) is 4.32. The van der Waals surface area contributed by atoms with E-state index in [0.717, 1.165) is 25.8 Å². The van der Waals surface area contributed by atoms with Crippen LogP contribution in [0.3, 0.4) is 0 Å². The number of carbonyl (C=O) groups is 3. The second kappa shape index (κ2) is 9.68. The molecular weight excluding hydrogens is 620 g/mol. The van der Waals surface area contributed by atoms with Crippen molar-refractivity contribution in [2.24, 2.45) is 5.92 Å². The maximum absolute atomic E-state index is 13.8. The maximum atomic E-state index is 13.8. The number of nitrogens with zero attached hydrogens (tertiary/aromatic N) is 2. The summed E-state index contributed by atoms with van der Waals surface area (Å²) in [6.07, 6.45) is 0. The number of halogens is 2. The number of thiazole rings is 1. The molecular formula is C24H18Br2N2O5S2. The molecule has 2 aromatic carbocycles. The largest absolute Gasteiger partial charge is 0.465 e. The number of fused-ring (bicyclic) bond motifs is 2. The van der Waals surface area contributed by atoms with Crippen molar-refractivity contribution in [3.05, 3.63) is 77.6 Å². The molecule has 2 amide bonds. The van der Waals surface area contributed by atoms with Gasteiger partial charge in [0.05, 0.1) is 23.2 Å². The van der Waals surface area contributed by atoms with Gasteiger partial charge < -0.3 is 4.74 Å². The van der Waals surface area contributed by atoms with E-state index in [4.69, 9.17) is 4.74 Å². The van der Waals surface area contributed by atoms with Gasteiger partial charge in [-0.15, -0.1) is 0 Å². The van der Waals surface area contributed by atoms with Crippen molar-refractivity contribution >= 4 is 78.4 Å². The average Bonchev–Trinajstić information content (AvgIpc) is 3.27. The van der Waals surface area contributed by atoms with Gasteiger partial charge in [0.25, 0.3) is 0 Å². The lowest BCUT2D eigenvalue weighted by atomic mass is 9.83. The van der Waals surface area contributed by atoms with Gasteiger partial charge in [-0.3, -0.25) is 23.7 Å². The van der Waals surface area contributed by atoms with E-state index < -0.39 is 23.1 Å². The number of anilines is 1. The van der Waals surface area contributed by atoms with Crippen molar-refractivity contribution in [3.8, 4) is 0 Å². The molecule has 1 saturated heterocycles. The number of hydrogen-bond acceptors (Lipinski definition) is 7. The summed E-state index contributed by atoms with van der Waals surface area (Å²) in [7, 11) is 0. The predicted octanol–water partition coefficient (Wildman–Crippen LogP) is 4.79. The van der Waals surface area contributed by atoms with Gasteiger partial charge in [-0.2, -0.15) is 0 Å². The van der Waals surface area contributed by atoms with E-state index in [1.165, 1.54) is 21.2 Å². The molecule has 3 atom stereocenters. The molecule has 1 fully saturated rings. The number of hydrogen-bond donors (Lipinski definition) is 0. The first-order valence-electron chi connectivity index (χ1n) is 10.7. The van der Waals surface area contributed by atoms with E-state index in [1.807, 2.05) is 24.3 Å². The molecule has 0 spiro atoms. The lowest BCUT2D eigenvalue weighted by molar-refractivity contribution is -0.144. The van der Waals surface area contributed by atoms with Crippen LogP contribution in [0.2, 0.25) is 0 Å². The molecule has 0 saturated carbocycles. The number of carbonyl (C=O) groups excluding carboxylic acids is 3. The smallest absolute Gasteiger partial charge is 0.326 e. The highest BCUT2D eigenvalue weighted by molar-refractivity contribution is 9.10. The molecule has 3 unspecified atom stereocenters. The highest BCUT2D eigenvalue weighted by atomic mass is 79.9. The molecule has 1 aromatic heterocycles. The van der Waals surface area contributed by atoms with Gasteiger partial charge in [0, 0.05) is 19.7 Å². The topological polar surface area (TPSA) is 85.7 Å². The number of ether oxygens (including phenoxy) is 1. The Kier molecular flexibility index (Phi) is 6.77. The Bertz CT molecular complexity index is 1380. The van der Waals surface area contributed by atoms with Crippen LogP contribution in [0, 0.1) is 5.92 Å². The molecule has 3 heterocycles. The summed E-state index contributed by atoms with van der Waals surface area (Å²) in [5.41, 5.74) is 1.33. The summed E-state index contributed by atoms with van der Waals surface area (Å²) in [5.74, 6) is -2.34. The number of imide groups is 1. The number of rotatable bonds is 5. The zero-order valence-electron chi connectivity index (χ0n) is 18.3. The maximum Gasteiger partial charge on any atom is 0.326 e. The van der Waals surface area contributed by atoms with E-state index >= 15 is 0 Å². The SMILES string of the molecule is CCOC(=O)Cn1c2c(sc1=O)C(c1ccc(Br)cc1)C1C(=O)N(c3ccc(Br)cc3)C(=O)C1S2. The van der Waals surface area contributed by atoms with Crippen LogP contribution in [0.5, 0.6) is 0 Å². The average molecular weight is 638 g/mol. The summed E-state index contributed by atoms with van der Waals surface area (Å²) in [5, 5.41) is -0.184. The molecule has 0 bridgehead atoms. The second-order valence-electron chi connectivity index (χ2n) is 8.01. The number of esters is 1. The van der Waals surface area contributed by atoms with Gasteiger partial charge in [0.15, 0.2) is 0 Å². The fraction of sp³-hybridized carbons (Fsp3) is 0.250. The van der Waals surface area contributed by atoms with Gasteiger partial charge in [0.2, 0.25) is 11.8 Å². The Morgan fingerprint density at radius 1 is 0.971 bits per heavy atom. The molecule has 2 aliphatic rings. The fourth-order valence-electron chi connectivity index (χ4n) is 4.46. The lowest BCUT2D eigenvalue weighted by Gasteiger charge is -2.30. The van der Waals surface area contributed by atoms with Crippen LogP contribution in [-0.4, -0.2) is 34.2 Å². The quantitative estimate of drug-likeness (QED) is 0.295. The van der Waals surface area contributed by atoms with Crippen LogP contribution < -0.4 is 9.77 Å². The van der Waals surface area contributed by atoms with Crippen molar-refractivity contribution in [3.63, 3.8) is 0 Å². The summed E-state index contributed by atoms with van der Waals surface area (Å²) < 4.78 is 8.13. The number of aromatic nitrogens is 1. The first-order chi connectivity index (χ1) is 16.8. The van der Waals surface area contributed by atoms with Crippen molar-refractivity contribution in [1.82, 2.24) is 4.57 Å². The molecule has 5 rings (SSSR count). The number of thioether (sulfide) groups is 1. The Morgan fingerprint density at radius 2 is 1.60 bits per heavy atom. The van der Waals surface area contributed by atoms with Crippen LogP contribution in [0.4, 0.5) is 5.69 Å². The van der Waals surface area contributed by atoms with E-state index in [9.17, 15) is 19.2 Å². The normalized spacial score (nSPS) is 21.1. The van der Waals surface area contributed by atoms with Gasteiger partial charge >= 0.3 is 10.8 Å². The lowest BCUT2D eigenvalue weighted by Crippen LogP contribution is -2.32. The van der Waals surface area contributed by atoms with Crippen molar-refractivity contribution in [2.75, 3.05) is 11.5 Å². The zero-order chi connectivity index (χ0) is 24.9. The summed E-state index contributed by atoms with van der Waals surface area (Å²) in [4.78, 5) is 54.2. The minimum absolute atomic E-state index is 0.203. The van der Waals surface area contributed by atoms with Crippen LogP contribution in [0.25, 0.3) is 0 Å². The van der Waals surface area contributed by atoms with E-state index in [0.29, 0.717) is 15.6 Å². The monoisotopic (exact) mass is 636 g/mol. The minimum Gasteiger partial charge on any atom is -0.465 e. The molecule has 0 N–H and O–H groups in total. The molecule has 7 nitrogen and oxygen atoms in total. The van der Waals surface area contributed by atoms with Gasteiger partial charge in [-0.1, -0.05) is 67.1 Å². The molecule has 0 radical (unpaired) electrons. The van der Waals surface area contributed by atoms with Gasteiger partial charge in [-0.05, 0) is 48.9 Å². The summed E-state index contributed by atoms with van der Waals surface area (Å²) in [6, 6.07) is 14.6. The zero-order valence-corrected chi connectivity index (χ0v) is 23.1. The van der Waals surface area contributed by atoms with Gasteiger partial charge in [0.1, 0.15) is 11.8 Å². The minimum atomic E-state index is -0.727. The summed E-state index contributed by atoms with van der Waals surface area (Å²) in [6.45, 7) is 1.66. The Labute approximate surface area is 225 Å². The highest BCUT2D eigenvalue weighted by Gasteiger charge is 2.56. The number of benzene rings is 2. The van der Waals surface area contributed by atoms with Crippen LogP contribution in [0.15, 0.2) is 67.3 Å². The standard InChI is InChI=1S/C24H18Br2N2O5S2/c1-2-33-16(29)11-27-23-20(35-24(27)32)17(12-3-5-13(25)6-4-12)18-19(34-23)22(31)28(21(18)30)15-9-7-14(26)8-10-15/h3-10,17-19H,2,11H2,1H3. The first kappa shape index (κ1) is 24.5. The van der Waals surface area contributed by atoms with E-state index in [-0.39, 0.29) is 29.8 Å². The van der Waals surface area contributed by atoms with E-state index in [1.54, 1.807) is 31.2 Å². The predicted molar refractivity (Wildman–Crippen MR) is 141 cm³/mol. The first-order valence-corrected chi connectivity index (χ1v) is 14.0. The summed E-state index contributed by atoms with van der Waals surface area (Å²) >= 11 is 9.03. The Morgan fingerprint density at radius 3 is 2.23 bits per heavy atom. The van der Waals surface area contributed by atoms with Crippen LogP contribution in [-0.2, 0) is 25.7 Å². The second-order valence-corrected chi connectivity index (χ2v) is 12.0. The molecule has 2 aliphatic heterocycles. The van der Waals surface area contributed by atoms with Crippen molar-refractivity contribution in [1.29, 1.82) is 0 Å². The van der Waals surface area contributed by atoms with Crippen molar-refractivity contribution < 1.29 is 19.1 Å². The molecule has 3 aromatic rings. The Hall–Kier alpha value is -2.21. The van der Waals surface area contributed by atoms with Crippen LogP contribution >= 0.6 is 55.0 Å². The molecule has 0 aliphatic carbocycles. The van der Waals surface area contributed by atoms with Gasteiger partial charge in [-0.25, -0.2) is 4.90 Å². The number of amides is 2. The van der Waals surface area contributed by atoms with Crippen LogP contribution in [0.1, 0.15) is 23.3 Å².